The van der Waals surface area contributed by atoms with Crippen LogP contribution in [-0.2, 0) is 4.74 Å². The van der Waals surface area contributed by atoms with Gasteiger partial charge in [0.15, 0.2) is 0 Å². The van der Waals surface area contributed by atoms with E-state index in [-0.39, 0.29) is 0 Å². The molecule has 0 aromatic carbocycles. The van der Waals surface area contributed by atoms with Crippen molar-refractivity contribution in [2.45, 2.75) is 66.6 Å². The minimum Gasteiger partial charge on any atom is -0.380 e. The summed E-state index contributed by atoms with van der Waals surface area (Å²) < 4.78 is 5.64. The molecule has 0 aromatic rings. The molecule has 1 aliphatic heterocycles. The molecule has 3 nitrogen and oxygen atoms in total. The summed E-state index contributed by atoms with van der Waals surface area (Å²) in [6.45, 7) is 19.9. The Bertz CT molecular complexity index is 260. The first-order valence-electron chi connectivity index (χ1n) is 7.84. The van der Waals surface area contributed by atoms with Gasteiger partial charge in [0.05, 0.1) is 6.61 Å². The number of hydrogen-bond acceptors (Lipinski definition) is 3. The fraction of sp³-hybridized carbons (Fsp3) is 1.00. The number of nitrogens with zero attached hydrogens (tertiary/aromatic N) is 1. The monoisotopic (exact) mass is 270 g/mol. The molecule has 0 spiro atoms. The fourth-order valence-electron chi connectivity index (χ4n) is 2.88. The van der Waals surface area contributed by atoms with Crippen molar-refractivity contribution in [2.75, 3.05) is 26.3 Å². The van der Waals surface area contributed by atoms with E-state index in [1.54, 1.807) is 0 Å². The number of rotatable bonds is 5. The second kappa shape index (κ2) is 7.05. The standard InChI is InChI=1S/C16H34N2O/c1-8-19-11-13(4)18-10-15(16(5,6)7)17-9-14(18)12(2)3/h12-15,17H,8-11H2,1-7H3. The Morgan fingerprint density at radius 3 is 2.37 bits per heavy atom. The van der Waals surface area contributed by atoms with E-state index in [1.165, 1.54) is 0 Å². The smallest absolute Gasteiger partial charge is 0.0619 e. The van der Waals surface area contributed by atoms with Gasteiger partial charge in [-0.25, -0.2) is 0 Å². The zero-order chi connectivity index (χ0) is 14.6. The van der Waals surface area contributed by atoms with Crippen molar-refractivity contribution in [1.82, 2.24) is 10.2 Å². The first-order chi connectivity index (χ1) is 8.77. The highest BCUT2D eigenvalue weighted by Gasteiger charge is 2.37. The molecule has 1 heterocycles. The summed E-state index contributed by atoms with van der Waals surface area (Å²) in [5.74, 6) is 0.678. The lowest BCUT2D eigenvalue weighted by Crippen LogP contribution is -2.64. The predicted octanol–water partition coefficient (Wildman–Crippen LogP) is 2.76. The van der Waals surface area contributed by atoms with Gasteiger partial charge in [0.1, 0.15) is 0 Å². The van der Waals surface area contributed by atoms with Crippen molar-refractivity contribution < 1.29 is 4.74 Å². The molecule has 114 valence electrons. The van der Waals surface area contributed by atoms with E-state index in [0.29, 0.717) is 29.5 Å². The van der Waals surface area contributed by atoms with E-state index in [1.807, 2.05) is 0 Å². The Kier molecular flexibility index (Phi) is 6.28. The maximum absolute atomic E-state index is 5.64. The van der Waals surface area contributed by atoms with Crippen molar-refractivity contribution >= 4 is 0 Å². The first-order valence-corrected chi connectivity index (χ1v) is 7.84. The fourth-order valence-corrected chi connectivity index (χ4v) is 2.88. The van der Waals surface area contributed by atoms with Gasteiger partial charge in [-0.3, -0.25) is 4.90 Å². The van der Waals surface area contributed by atoms with Crippen LogP contribution in [0.25, 0.3) is 0 Å². The summed E-state index contributed by atoms with van der Waals surface area (Å²) in [6, 6.07) is 1.68. The molecule has 1 fully saturated rings. The van der Waals surface area contributed by atoms with Crippen LogP contribution < -0.4 is 5.32 Å². The van der Waals surface area contributed by atoms with Gasteiger partial charge in [0, 0.05) is 37.8 Å². The van der Waals surface area contributed by atoms with E-state index in [9.17, 15) is 0 Å². The lowest BCUT2D eigenvalue weighted by atomic mass is 9.83. The molecule has 1 saturated heterocycles. The molecule has 19 heavy (non-hydrogen) atoms. The van der Waals surface area contributed by atoms with Gasteiger partial charge in [0.25, 0.3) is 0 Å². The molecule has 1 N–H and O–H groups in total. The Morgan fingerprint density at radius 1 is 1.26 bits per heavy atom. The minimum atomic E-state index is 0.311. The molecule has 0 amide bonds. The summed E-state index contributed by atoms with van der Waals surface area (Å²) in [4.78, 5) is 2.66. The Labute approximate surface area is 120 Å². The molecule has 0 bridgehead atoms. The minimum absolute atomic E-state index is 0.311. The van der Waals surface area contributed by atoms with Gasteiger partial charge < -0.3 is 10.1 Å². The van der Waals surface area contributed by atoms with Crippen LogP contribution >= 0.6 is 0 Å². The van der Waals surface area contributed by atoms with E-state index in [4.69, 9.17) is 4.74 Å². The largest absolute Gasteiger partial charge is 0.380 e. The molecule has 1 aliphatic rings. The highest BCUT2D eigenvalue weighted by atomic mass is 16.5. The van der Waals surface area contributed by atoms with Crippen LogP contribution in [0.2, 0.25) is 0 Å². The number of nitrogens with one attached hydrogen (secondary N) is 1. The maximum atomic E-state index is 5.64. The second-order valence-corrected chi connectivity index (χ2v) is 7.34. The third-order valence-corrected chi connectivity index (χ3v) is 4.34. The summed E-state index contributed by atoms with van der Waals surface area (Å²) in [5, 5.41) is 3.75. The Balaban J connectivity index is 2.73. The first kappa shape index (κ1) is 16.9. The molecule has 3 unspecified atom stereocenters. The zero-order valence-electron chi connectivity index (χ0n) is 14.0. The quantitative estimate of drug-likeness (QED) is 0.831. The topological polar surface area (TPSA) is 24.5 Å². The molecular weight excluding hydrogens is 236 g/mol. The third-order valence-electron chi connectivity index (χ3n) is 4.34. The van der Waals surface area contributed by atoms with Gasteiger partial charge in [-0.05, 0) is 25.2 Å². The van der Waals surface area contributed by atoms with Crippen LogP contribution in [0.4, 0.5) is 0 Å². The van der Waals surface area contributed by atoms with Crippen molar-refractivity contribution in [3.8, 4) is 0 Å². The van der Waals surface area contributed by atoms with Gasteiger partial charge >= 0.3 is 0 Å². The predicted molar refractivity (Wildman–Crippen MR) is 82.5 cm³/mol. The molecule has 0 saturated carbocycles. The molecule has 0 aromatic heterocycles. The van der Waals surface area contributed by atoms with Gasteiger partial charge in [-0.15, -0.1) is 0 Å². The zero-order valence-corrected chi connectivity index (χ0v) is 14.0. The lowest BCUT2D eigenvalue weighted by Gasteiger charge is -2.48. The van der Waals surface area contributed by atoms with Crippen LogP contribution in [0.3, 0.4) is 0 Å². The summed E-state index contributed by atoms with van der Waals surface area (Å²) in [5.41, 5.74) is 0.311. The van der Waals surface area contributed by atoms with Crippen molar-refractivity contribution in [1.29, 1.82) is 0 Å². The Hall–Kier alpha value is -0.120. The molecule has 3 atom stereocenters. The average Bonchev–Trinajstić information content (AvgIpc) is 2.33. The van der Waals surface area contributed by atoms with Crippen LogP contribution in [0.15, 0.2) is 0 Å². The van der Waals surface area contributed by atoms with Crippen LogP contribution in [-0.4, -0.2) is 49.3 Å². The molecule has 1 rings (SSSR count). The van der Waals surface area contributed by atoms with E-state index >= 15 is 0 Å². The summed E-state index contributed by atoms with van der Waals surface area (Å²) >= 11 is 0. The SMILES string of the molecule is CCOCC(C)N1CC(C(C)(C)C)NCC1C(C)C. The van der Waals surface area contributed by atoms with Crippen molar-refractivity contribution in [3.05, 3.63) is 0 Å². The lowest BCUT2D eigenvalue weighted by molar-refractivity contribution is -0.00161. The van der Waals surface area contributed by atoms with Crippen molar-refractivity contribution in [2.24, 2.45) is 11.3 Å². The highest BCUT2D eigenvalue weighted by molar-refractivity contribution is 4.94. The van der Waals surface area contributed by atoms with Crippen LogP contribution in [0.5, 0.6) is 0 Å². The summed E-state index contributed by atoms with van der Waals surface area (Å²) in [7, 11) is 0. The maximum Gasteiger partial charge on any atom is 0.0619 e. The number of hydrogen-bond donors (Lipinski definition) is 1. The van der Waals surface area contributed by atoms with Crippen molar-refractivity contribution in [3.63, 3.8) is 0 Å². The molecular formula is C16H34N2O. The number of ether oxygens (including phenoxy) is 1. The normalized spacial score (nSPS) is 27.8. The van der Waals surface area contributed by atoms with E-state index in [0.717, 1.165) is 26.3 Å². The summed E-state index contributed by atoms with van der Waals surface area (Å²) in [6.07, 6.45) is 0. The molecule has 3 heteroatoms. The molecule has 0 radical (unpaired) electrons. The van der Waals surface area contributed by atoms with Gasteiger partial charge in [-0.2, -0.15) is 0 Å². The second-order valence-electron chi connectivity index (χ2n) is 7.34. The van der Waals surface area contributed by atoms with E-state index < -0.39 is 0 Å². The Morgan fingerprint density at radius 2 is 1.89 bits per heavy atom. The van der Waals surface area contributed by atoms with E-state index in [2.05, 4.69) is 58.7 Å². The molecule has 0 aliphatic carbocycles. The third kappa shape index (κ3) is 4.73. The average molecular weight is 270 g/mol. The number of piperazine rings is 1. The van der Waals surface area contributed by atoms with Crippen LogP contribution in [0, 0.1) is 11.3 Å². The van der Waals surface area contributed by atoms with Crippen LogP contribution in [0.1, 0.15) is 48.5 Å². The highest BCUT2D eigenvalue weighted by Crippen LogP contribution is 2.26. The van der Waals surface area contributed by atoms with Gasteiger partial charge in [0.2, 0.25) is 0 Å². The van der Waals surface area contributed by atoms with Gasteiger partial charge in [-0.1, -0.05) is 34.6 Å².